The third-order valence-corrected chi connectivity index (χ3v) is 3.05. The Morgan fingerprint density at radius 2 is 2.05 bits per heavy atom. The Hall–Kier alpha value is -1.55. The first-order chi connectivity index (χ1) is 8.90. The molecule has 1 unspecified atom stereocenters. The van der Waals surface area contributed by atoms with Gasteiger partial charge in [0.25, 0.3) is 0 Å². The molecule has 2 amide bonds. The van der Waals surface area contributed by atoms with Crippen LogP contribution >= 0.6 is 0 Å². The molecule has 4 heteroatoms. The summed E-state index contributed by atoms with van der Waals surface area (Å²) in [5.74, 6) is 0.594. The fourth-order valence-electron chi connectivity index (χ4n) is 1.67. The van der Waals surface area contributed by atoms with E-state index in [1.807, 2.05) is 38.2 Å². The zero-order chi connectivity index (χ0) is 14.4. The van der Waals surface area contributed by atoms with Gasteiger partial charge < -0.3 is 16.0 Å². The van der Waals surface area contributed by atoms with E-state index in [1.54, 1.807) is 4.90 Å². The summed E-state index contributed by atoms with van der Waals surface area (Å²) in [5.41, 5.74) is 7.64. The van der Waals surface area contributed by atoms with Crippen molar-refractivity contribution in [1.82, 2.24) is 4.90 Å². The lowest BCUT2D eigenvalue weighted by Crippen LogP contribution is -2.32. The molecule has 0 radical (unpaired) electrons. The highest BCUT2D eigenvalue weighted by molar-refractivity contribution is 5.89. The quantitative estimate of drug-likeness (QED) is 0.857. The van der Waals surface area contributed by atoms with E-state index >= 15 is 0 Å². The topological polar surface area (TPSA) is 58.4 Å². The molecule has 1 aromatic carbocycles. The minimum Gasteiger partial charge on any atom is -0.328 e. The van der Waals surface area contributed by atoms with E-state index in [4.69, 9.17) is 5.73 Å². The standard InChI is InChI=1S/C15H25N3O/c1-11(2)8-9-18(4)15(19)17-14-7-5-6-13(10-14)12(3)16/h5-7,10-12H,8-9,16H2,1-4H3,(H,17,19). The van der Waals surface area contributed by atoms with Crippen molar-refractivity contribution in [3.05, 3.63) is 29.8 Å². The van der Waals surface area contributed by atoms with Crippen LogP contribution in [0.1, 0.15) is 38.8 Å². The number of anilines is 1. The van der Waals surface area contributed by atoms with Gasteiger partial charge in [-0.25, -0.2) is 4.79 Å². The first-order valence-corrected chi connectivity index (χ1v) is 6.77. The number of nitrogens with one attached hydrogen (secondary N) is 1. The average molecular weight is 263 g/mol. The second-order valence-electron chi connectivity index (χ2n) is 5.45. The SMILES string of the molecule is CC(C)CCN(C)C(=O)Nc1cccc(C(C)N)c1. The summed E-state index contributed by atoms with van der Waals surface area (Å²) in [6.45, 7) is 6.99. The van der Waals surface area contributed by atoms with Gasteiger partial charge in [0.2, 0.25) is 0 Å². The number of hydrogen-bond donors (Lipinski definition) is 2. The molecule has 0 bridgehead atoms. The van der Waals surface area contributed by atoms with Gasteiger partial charge in [-0.15, -0.1) is 0 Å². The third kappa shape index (κ3) is 5.30. The fraction of sp³-hybridized carbons (Fsp3) is 0.533. The molecule has 1 atom stereocenters. The first-order valence-electron chi connectivity index (χ1n) is 6.77. The van der Waals surface area contributed by atoms with E-state index < -0.39 is 0 Å². The van der Waals surface area contributed by atoms with E-state index in [-0.39, 0.29) is 12.1 Å². The highest BCUT2D eigenvalue weighted by Gasteiger charge is 2.10. The van der Waals surface area contributed by atoms with Gasteiger partial charge >= 0.3 is 6.03 Å². The second kappa shape index (κ2) is 7.14. The maximum atomic E-state index is 12.0. The summed E-state index contributed by atoms with van der Waals surface area (Å²) in [7, 11) is 1.81. The van der Waals surface area contributed by atoms with Crippen molar-refractivity contribution >= 4 is 11.7 Å². The molecule has 0 saturated carbocycles. The van der Waals surface area contributed by atoms with Crippen LogP contribution in [0.3, 0.4) is 0 Å². The van der Waals surface area contributed by atoms with Crippen molar-refractivity contribution in [2.45, 2.75) is 33.2 Å². The van der Waals surface area contributed by atoms with E-state index in [0.717, 1.165) is 24.2 Å². The maximum Gasteiger partial charge on any atom is 0.321 e. The van der Waals surface area contributed by atoms with Crippen LogP contribution in [-0.2, 0) is 0 Å². The highest BCUT2D eigenvalue weighted by Crippen LogP contribution is 2.16. The van der Waals surface area contributed by atoms with Crippen LogP contribution in [0, 0.1) is 5.92 Å². The number of rotatable bonds is 5. The molecule has 0 fully saturated rings. The number of nitrogens with zero attached hydrogens (tertiary/aromatic N) is 1. The lowest BCUT2D eigenvalue weighted by atomic mass is 10.1. The van der Waals surface area contributed by atoms with Crippen LogP contribution < -0.4 is 11.1 Å². The average Bonchev–Trinajstić information content (AvgIpc) is 2.36. The summed E-state index contributed by atoms with van der Waals surface area (Å²) >= 11 is 0. The monoisotopic (exact) mass is 263 g/mol. The Bertz CT molecular complexity index is 416. The zero-order valence-corrected chi connectivity index (χ0v) is 12.3. The Morgan fingerprint density at radius 1 is 1.37 bits per heavy atom. The zero-order valence-electron chi connectivity index (χ0n) is 12.3. The molecule has 4 nitrogen and oxygen atoms in total. The lowest BCUT2D eigenvalue weighted by molar-refractivity contribution is 0.220. The molecular formula is C15H25N3O. The predicted molar refractivity (Wildman–Crippen MR) is 80.1 cm³/mol. The number of amides is 2. The predicted octanol–water partition coefficient (Wildman–Crippen LogP) is 3.22. The Labute approximate surface area is 116 Å². The van der Waals surface area contributed by atoms with Crippen molar-refractivity contribution in [3.8, 4) is 0 Å². The summed E-state index contributed by atoms with van der Waals surface area (Å²) < 4.78 is 0. The summed E-state index contributed by atoms with van der Waals surface area (Å²) in [6, 6.07) is 7.54. The molecule has 0 aliphatic heterocycles. The minimum atomic E-state index is -0.0810. The van der Waals surface area contributed by atoms with Crippen LogP contribution in [0.25, 0.3) is 0 Å². The van der Waals surface area contributed by atoms with Crippen molar-refractivity contribution in [3.63, 3.8) is 0 Å². The number of benzene rings is 1. The molecule has 0 spiro atoms. The normalized spacial score (nSPS) is 12.3. The first kappa shape index (κ1) is 15.5. The van der Waals surface area contributed by atoms with Crippen LogP contribution in [0.2, 0.25) is 0 Å². The van der Waals surface area contributed by atoms with Gasteiger partial charge in [-0.05, 0) is 37.0 Å². The van der Waals surface area contributed by atoms with Gasteiger partial charge in [0, 0.05) is 25.3 Å². The largest absolute Gasteiger partial charge is 0.328 e. The van der Waals surface area contributed by atoms with Crippen LogP contribution in [0.5, 0.6) is 0 Å². The minimum absolute atomic E-state index is 0.0319. The number of hydrogen-bond acceptors (Lipinski definition) is 2. The highest BCUT2D eigenvalue weighted by atomic mass is 16.2. The molecule has 1 rings (SSSR count). The van der Waals surface area contributed by atoms with E-state index in [9.17, 15) is 4.79 Å². The van der Waals surface area contributed by atoms with Crippen LogP contribution in [0.4, 0.5) is 10.5 Å². The summed E-state index contributed by atoms with van der Waals surface area (Å²) in [6.07, 6.45) is 1.00. The lowest BCUT2D eigenvalue weighted by Gasteiger charge is -2.19. The van der Waals surface area contributed by atoms with E-state index in [1.165, 1.54) is 0 Å². The van der Waals surface area contributed by atoms with E-state index in [0.29, 0.717) is 5.92 Å². The van der Waals surface area contributed by atoms with Gasteiger partial charge in [-0.3, -0.25) is 0 Å². The number of urea groups is 1. The fourth-order valence-corrected chi connectivity index (χ4v) is 1.67. The molecule has 3 N–H and O–H groups in total. The Balaban J connectivity index is 2.58. The summed E-state index contributed by atoms with van der Waals surface area (Å²) in [5, 5.41) is 2.89. The Morgan fingerprint density at radius 3 is 2.63 bits per heavy atom. The van der Waals surface area contributed by atoms with Gasteiger partial charge in [0.15, 0.2) is 0 Å². The van der Waals surface area contributed by atoms with Gasteiger partial charge in [0.1, 0.15) is 0 Å². The number of carbonyl (C=O) groups is 1. The molecule has 19 heavy (non-hydrogen) atoms. The van der Waals surface area contributed by atoms with Gasteiger partial charge in [0.05, 0.1) is 0 Å². The maximum absolute atomic E-state index is 12.0. The molecule has 0 aliphatic rings. The van der Waals surface area contributed by atoms with Gasteiger partial charge in [-0.1, -0.05) is 26.0 Å². The molecule has 0 heterocycles. The molecule has 1 aromatic rings. The molecule has 106 valence electrons. The molecular weight excluding hydrogens is 238 g/mol. The van der Waals surface area contributed by atoms with Crippen LogP contribution in [-0.4, -0.2) is 24.5 Å². The van der Waals surface area contributed by atoms with E-state index in [2.05, 4.69) is 19.2 Å². The van der Waals surface area contributed by atoms with Crippen molar-refractivity contribution in [1.29, 1.82) is 0 Å². The number of carbonyl (C=O) groups excluding carboxylic acids is 1. The smallest absolute Gasteiger partial charge is 0.321 e. The second-order valence-corrected chi connectivity index (χ2v) is 5.45. The van der Waals surface area contributed by atoms with Crippen LogP contribution in [0.15, 0.2) is 24.3 Å². The number of nitrogens with two attached hydrogens (primary N) is 1. The van der Waals surface area contributed by atoms with Crippen molar-refractivity contribution < 1.29 is 4.79 Å². The third-order valence-electron chi connectivity index (χ3n) is 3.05. The summed E-state index contributed by atoms with van der Waals surface area (Å²) in [4.78, 5) is 13.7. The Kier molecular flexibility index (Phi) is 5.83. The molecule has 0 aliphatic carbocycles. The van der Waals surface area contributed by atoms with Crippen molar-refractivity contribution in [2.75, 3.05) is 18.9 Å². The molecule has 0 saturated heterocycles. The van der Waals surface area contributed by atoms with Crippen molar-refractivity contribution in [2.24, 2.45) is 11.7 Å². The van der Waals surface area contributed by atoms with Gasteiger partial charge in [-0.2, -0.15) is 0 Å². The molecule has 0 aromatic heterocycles.